The molecule has 0 aliphatic carbocycles. The molecule has 0 aliphatic rings. The lowest BCUT2D eigenvalue weighted by Gasteiger charge is -2.08. The van der Waals surface area contributed by atoms with E-state index in [1.807, 2.05) is 12.1 Å². The Balaban J connectivity index is 2.04. The molecule has 0 saturated carbocycles. The molecule has 0 N–H and O–H groups in total. The summed E-state index contributed by atoms with van der Waals surface area (Å²) in [7, 11) is 0. The van der Waals surface area contributed by atoms with Crippen LogP contribution in [0.1, 0.15) is 26.2 Å². The summed E-state index contributed by atoms with van der Waals surface area (Å²) in [5.74, 6) is 0.955. The molecule has 2 heteroatoms. The van der Waals surface area contributed by atoms with Gasteiger partial charge in [-0.05, 0) is 41.8 Å². The maximum Gasteiger partial charge on any atom is 0.119 e. The van der Waals surface area contributed by atoms with Gasteiger partial charge in [-0.1, -0.05) is 60.0 Å². The standard InChI is InChI=1S/C17H19BrO/c1-2-3-4-12-19-17-7-5-6-15(13-17)14-8-10-16(18)11-9-14/h5-11,13H,2-4,12H2,1H3. The summed E-state index contributed by atoms with van der Waals surface area (Å²) in [5, 5.41) is 0. The van der Waals surface area contributed by atoms with Crippen molar-refractivity contribution in [3.8, 4) is 16.9 Å². The Kier molecular flexibility index (Phi) is 5.46. The summed E-state index contributed by atoms with van der Waals surface area (Å²) in [6, 6.07) is 16.6. The topological polar surface area (TPSA) is 9.23 Å². The van der Waals surface area contributed by atoms with E-state index in [-0.39, 0.29) is 0 Å². The molecule has 0 aliphatic heterocycles. The van der Waals surface area contributed by atoms with Crippen LogP contribution >= 0.6 is 15.9 Å². The Hall–Kier alpha value is -1.28. The fourth-order valence-electron chi connectivity index (χ4n) is 1.95. The number of rotatable bonds is 6. The van der Waals surface area contributed by atoms with Crippen molar-refractivity contribution in [2.45, 2.75) is 26.2 Å². The van der Waals surface area contributed by atoms with Crippen LogP contribution in [0.15, 0.2) is 53.0 Å². The molecule has 1 nitrogen and oxygen atoms in total. The largest absolute Gasteiger partial charge is 0.494 e. The first-order valence-electron chi connectivity index (χ1n) is 6.78. The van der Waals surface area contributed by atoms with Crippen LogP contribution < -0.4 is 4.74 Å². The summed E-state index contributed by atoms with van der Waals surface area (Å²) >= 11 is 3.46. The average Bonchev–Trinajstić information content (AvgIpc) is 2.45. The van der Waals surface area contributed by atoms with Crippen LogP contribution in [0.5, 0.6) is 5.75 Å². The lowest BCUT2D eigenvalue weighted by atomic mass is 10.1. The van der Waals surface area contributed by atoms with Crippen LogP contribution in [0.25, 0.3) is 11.1 Å². The molecule has 0 saturated heterocycles. The van der Waals surface area contributed by atoms with Crippen LogP contribution in [0, 0.1) is 0 Å². The first kappa shape index (κ1) is 14.1. The van der Waals surface area contributed by atoms with E-state index in [1.54, 1.807) is 0 Å². The van der Waals surface area contributed by atoms with Crippen LogP contribution in [-0.4, -0.2) is 6.61 Å². The van der Waals surface area contributed by atoms with E-state index in [4.69, 9.17) is 4.74 Å². The summed E-state index contributed by atoms with van der Waals surface area (Å²) < 4.78 is 6.88. The van der Waals surface area contributed by atoms with Crippen molar-refractivity contribution in [3.05, 3.63) is 53.0 Å². The highest BCUT2D eigenvalue weighted by Crippen LogP contribution is 2.25. The van der Waals surface area contributed by atoms with Gasteiger partial charge in [-0.15, -0.1) is 0 Å². The van der Waals surface area contributed by atoms with Gasteiger partial charge >= 0.3 is 0 Å². The molecule has 0 fully saturated rings. The van der Waals surface area contributed by atoms with E-state index in [1.165, 1.54) is 24.0 Å². The Labute approximate surface area is 123 Å². The summed E-state index contributed by atoms with van der Waals surface area (Å²) in [6.45, 7) is 3.01. The first-order valence-corrected chi connectivity index (χ1v) is 7.57. The molecule has 0 amide bonds. The highest BCUT2D eigenvalue weighted by Gasteiger charge is 2.00. The van der Waals surface area contributed by atoms with Crippen molar-refractivity contribution >= 4 is 15.9 Å². The maximum absolute atomic E-state index is 5.78. The third-order valence-electron chi connectivity index (χ3n) is 3.03. The third kappa shape index (κ3) is 4.39. The highest BCUT2D eigenvalue weighted by atomic mass is 79.9. The second-order valence-corrected chi connectivity index (χ2v) is 5.51. The van der Waals surface area contributed by atoms with Gasteiger partial charge in [0.2, 0.25) is 0 Å². The Morgan fingerprint density at radius 2 is 1.74 bits per heavy atom. The van der Waals surface area contributed by atoms with Gasteiger partial charge in [-0.25, -0.2) is 0 Å². The van der Waals surface area contributed by atoms with Crippen LogP contribution in [0.2, 0.25) is 0 Å². The predicted molar refractivity (Wildman–Crippen MR) is 84.6 cm³/mol. The number of hydrogen-bond donors (Lipinski definition) is 0. The molecular weight excluding hydrogens is 300 g/mol. The number of benzene rings is 2. The molecule has 0 aromatic heterocycles. The Morgan fingerprint density at radius 1 is 0.947 bits per heavy atom. The molecule has 2 aromatic rings. The molecule has 100 valence electrons. The molecule has 19 heavy (non-hydrogen) atoms. The smallest absolute Gasteiger partial charge is 0.119 e. The van der Waals surface area contributed by atoms with Crippen LogP contribution in [-0.2, 0) is 0 Å². The monoisotopic (exact) mass is 318 g/mol. The van der Waals surface area contributed by atoms with E-state index in [0.717, 1.165) is 23.2 Å². The first-order chi connectivity index (χ1) is 9.29. The number of unbranched alkanes of at least 4 members (excludes halogenated alkanes) is 2. The number of halogens is 1. The average molecular weight is 319 g/mol. The molecule has 0 bridgehead atoms. The van der Waals surface area contributed by atoms with Crippen molar-refractivity contribution in [2.75, 3.05) is 6.61 Å². The normalized spacial score (nSPS) is 10.4. The minimum absolute atomic E-state index is 0.803. The molecular formula is C17H19BrO. The van der Waals surface area contributed by atoms with Gasteiger partial charge in [0.1, 0.15) is 5.75 Å². The van der Waals surface area contributed by atoms with E-state index >= 15 is 0 Å². The Morgan fingerprint density at radius 3 is 2.47 bits per heavy atom. The van der Waals surface area contributed by atoms with E-state index in [9.17, 15) is 0 Å². The van der Waals surface area contributed by atoms with Gasteiger partial charge in [-0.2, -0.15) is 0 Å². The second kappa shape index (κ2) is 7.34. The lowest BCUT2D eigenvalue weighted by Crippen LogP contribution is -1.96. The Bertz CT molecular complexity index is 505. The van der Waals surface area contributed by atoms with Gasteiger partial charge in [0.25, 0.3) is 0 Å². The summed E-state index contributed by atoms with van der Waals surface area (Å²) in [4.78, 5) is 0. The van der Waals surface area contributed by atoms with E-state index in [2.05, 4.69) is 59.3 Å². The maximum atomic E-state index is 5.78. The number of ether oxygens (including phenoxy) is 1. The van der Waals surface area contributed by atoms with Crippen molar-refractivity contribution in [2.24, 2.45) is 0 Å². The molecule has 0 spiro atoms. The summed E-state index contributed by atoms with van der Waals surface area (Å²) in [5.41, 5.74) is 2.41. The van der Waals surface area contributed by atoms with Gasteiger partial charge in [-0.3, -0.25) is 0 Å². The minimum Gasteiger partial charge on any atom is -0.494 e. The molecule has 0 heterocycles. The van der Waals surface area contributed by atoms with E-state index < -0.39 is 0 Å². The SMILES string of the molecule is CCCCCOc1cccc(-c2ccc(Br)cc2)c1. The van der Waals surface area contributed by atoms with Crippen molar-refractivity contribution < 1.29 is 4.74 Å². The van der Waals surface area contributed by atoms with Crippen LogP contribution in [0.3, 0.4) is 0 Å². The quantitative estimate of drug-likeness (QED) is 0.622. The molecule has 2 rings (SSSR count). The van der Waals surface area contributed by atoms with Gasteiger partial charge in [0, 0.05) is 4.47 Å². The van der Waals surface area contributed by atoms with Crippen molar-refractivity contribution in [1.82, 2.24) is 0 Å². The third-order valence-corrected chi connectivity index (χ3v) is 3.56. The van der Waals surface area contributed by atoms with Crippen molar-refractivity contribution in [3.63, 3.8) is 0 Å². The number of hydrogen-bond acceptors (Lipinski definition) is 1. The van der Waals surface area contributed by atoms with Gasteiger partial charge in [0.05, 0.1) is 6.61 Å². The predicted octanol–water partition coefficient (Wildman–Crippen LogP) is 5.69. The lowest BCUT2D eigenvalue weighted by molar-refractivity contribution is 0.306. The second-order valence-electron chi connectivity index (χ2n) is 4.59. The van der Waals surface area contributed by atoms with E-state index in [0.29, 0.717) is 0 Å². The zero-order chi connectivity index (χ0) is 13.5. The molecule has 0 unspecified atom stereocenters. The fraction of sp³-hybridized carbons (Fsp3) is 0.294. The molecule has 0 radical (unpaired) electrons. The minimum atomic E-state index is 0.803. The van der Waals surface area contributed by atoms with Crippen molar-refractivity contribution in [1.29, 1.82) is 0 Å². The zero-order valence-corrected chi connectivity index (χ0v) is 12.8. The summed E-state index contributed by atoms with van der Waals surface area (Å²) in [6.07, 6.45) is 3.58. The highest BCUT2D eigenvalue weighted by molar-refractivity contribution is 9.10. The van der Waals surface area contributed by atoms with Crippen LogP contribution in [0.4, 0.5) is 0 Å². The zero-order valence-electron chi connectivity index (χ0n) is 11.2. The molecule has 2 aromatic carbocycles. The molecule has 0 atom stereocenters. The van der Waals surface area contributed by atoms with Gasteiger partial charge in [0.15, 0.2) is 0 Å². The fourth-order valence-corrected chi connectivity index (χ4v) is 2.21. The van der Waals surface area contributed by atoms with Gasteiger partial charge < -0.3 is 4.74 Å².